The maximum Gasteiger partial charge on any atom is 0.226 e. The van der Waals surface area contributed by atoms with Gasteiger partial charge in [-0.25, -0.2) is 0 Å². The minimum Gasteiger partial charge on any atom is -0.497 e. The second-order valence-electron chi connectivity index (χ2n) is 5.99. The highest BCUT2D eigenvalue weighted by molar-refractivity contribution is 6.31. The maximum absolute atomic E-state index is 12.6. The first-order chi connectivity index (χ1) is 11.1. The fourth-order valence-electron chi connectivity index (χ4n) is 3.16. The van der Waals surface area contributed by atoms with E-state index in [2.05, 4.69) is 0 Å². The number of ether oxygens (including phenoxy) is 1. The molecule has 1 saturated heterocycles. The van der Waals surface area contributed by atoms with Crippen LogP contribution in [-0.4, -0.2) is 17.9 Å². The van der Waals surface area contributed by atoms with Gasteiger partial charge in [0, 0.05) is 17.5 Å². The molecule has 0 spiro atoms. The molecule has 1 amide bonds. The zero-order valence-electron chi connectivity index (χ0n) is 13.3. The van der Waals surface area contributed by atoms with Crippen LogP contribution in [0.25, 0.3) is 0 Å². The zero-order chi connectivity index (χ0) is 16.4. The van der Waals surface area contributed by atoms with Gasteiger partial charge in [0.2, 0.25) is 5.91 Å². The molecule has 2 aromatic rings. The van der Waals surface area contributed by atoms with Gasteiger partial charge < -0.3 is 9.64 Å². The third kappa shape index (κ3) is 3.20. The largest absolute Gasteiger partial charge is 0.497 e. The molecule has 1 heterocycles. The maximum atomic E-state index is 12.6. The quantitative estimate of drug-likeness (QED) is 0.829. The molecule has 1 unspecified atom stereocenters. The van der Waals surface area contributed by atoms with Gasteiger partial charge in [-0.1, -0.05) is 48.9 Å². The molecule has 4 heteroatoms. The van der Waals surface area contributed by atoms with Gasteiger partial charge in [0.05, 0.1) is 13.2 Å². The van der Waals surface area contributed by atoms with Gasteiger partial charge in [-0.05, 0) is 35.7 Å². The first-order valence-electron chi connectivity index (χ1n) is 7.78. The summed E-state index contributed by atoms with van der Waals surface area (Å²) in [4.78, 5) is 14.5. The second-order valence-corrected chi connectivity index (χ2v) is 6.40. The molecule has 3 nitrogen and oxygen atoms in total. The van der Waals surface area contributed by atoms with Crippen molar-refractivity contribution in [1.82, 2.24) is 4.90 Å². The molecule has 1 fully saturated rings. The Labute approximate surface area is 141 Å². The number of likely N-dealkylation sites (tertiary alicyclic amines) is 1. The summed E-state index contributed by atoms with van der Waals surface area (Å²) in [6.45, 7) is 2.57. The molecule has 0 N–H and O–H groups in total. The summed E-state index contributed by atoms with van der Waals surface area (Å²) in [6, 6.07) is 15.7. The van der Waals surface area contributed by atoms with Crippen molar-refractivity contribution < 1.29 is 9.53 Å². The molecule has 0 aromatic heterocycles. The average molecular weight is 330 g/mol. The summed E-state index contributed by atoms with van der Waals surface area (Å²) in [5.41, 5.74) is 2.12. The Morgan fingerprint density at radius 3 is 2.52 bits per heavy atom. The summed E-state index contributed by atoms with van der Waals surface area (Å²) < 4.78 is 5.19. The van der Waals surface area contributed by atoms with E-state index in [4.69, 9.17) is 16.3 Å². The van der Waals surface area contributed by atoms with Crippen LogP contribution < -0.4 is 4.74 Å². The predicted molar refractivity (Wildman–Crippen MR) is 91.5 cm³/mol. The van der Waals surface area contributed by atoms with Crippen molar-refractivity contribution in [1.29, 1.82) is 0 Å². The number of rotatable bonds is 4. The lowest BCUT2D eigenvalue weighted by Crippen LogP contribution is -2.28. The van der Waals surface area contributed by atoms with Crippen molar-refractivity contribution in [3.63, 3.8) is 0 Å². The Morgan fingerprint density at radius 2 is 1.87 bits per heavy atom. The molecular weight excluding hydrogens is 310 g/mol. The minimum absolute atomic E-state index is 0.0227. The normalized spacial score (nSPS) is 20.8. The van der Waals surface area contributed by atoms with Crippen LogP contribution in [-0.2, 0) is 11.3 Å². The van der Waals surface area contributed by atoms with E-state index in [1.807, 2.05) is 60.4 Å². The number of carbonyl (C=O) groups excluding carboxylic acids is 1. The highest BCUT2D eigenvalue weighted by Crippen LogP contribution is 2.40. The van der Waals surface area contributed by atoms with Gasteiger partial charge >= 0.3 is 0 Å². The first kappa shape index (κ1) is 15.9. The van der Waals surface area contributed by atoms with Crippen LogP contribution in [0.3, 0.4) is 0 Å². The van der Waals surface area contributed by atoms with Gasteiger partial charge in [0.15, 0.2) is 0 Å². The molecule has 1 aliphatic heterocycles. The number of amides is 1. The summed E-state index contributed by atoms with van der Waals surface area (Å²) in [5.74, 6) is 1.03. The molecule has 0 saturated carbocycles. The molecule has 120 valence electrons. The zero-order valence-corrected chi connectivity index (χ0v) is 14.1. The SMILES string of the molecule is COc1ccc(CN2C(=O)C(C)C[C@H]2c2ccccc2Cl)cc1. The van der Waals surface area contributed by atoms with Gasteiger partial charge in [0.25, 0.3) is 0 Å². The number of hydrogen-bond acceptors (Lipinski definition) is 2. The van der Waals surface area contributed by atoms with Crippen LogP contribution in [0.4, 0.5) is 0 Å². The lowest BCUT2D eigenvalue weighted by Gasteiger charge is -2.26. The van der Waals surface area contributed by atoms with Crippen LogP contribution in [0, 0.1) is 5.92 Å². The summed E-state index contributed by atoms with van der Waals surface area (Å²) in [5, 5.41) is 0.721. The fraction of sp³-hybridized carbons (Fsp3) is 0.316. The van der Waals surface area contributed by atoms with Crippen LogP contribution in [0.2, 0.25) is 5.02 Å². The Bertz CT molecular complexity index is 699. The van der Waals surface area contributed by atoms with Gasteiger partial charge in [-0.3, -0.25) is 4.79 Å². The van der Waals surface area contributed by atoms with Crippen LogP contribution in [0.1, 0.15) is 30.5 Å². The predicted octanol–water partition coefficient (Wildman–Crippen LogP) is 4.46. The van der Waals surface area contributed by atoms with Gasteiger partial charge in [-0.2, -0.15) is 0 Å². The van der Waals surface area contributed by atoms with E-state index in [0.29, 0.717) is 6.54 Å². The van der Waals surface area contributed by atoms with Crippen molar-refractivity contribution in [3.8, 4) is 5.75 Å². The van der Waals surface area contributed by atoms with E-state index in [1.54, 1.807) is 7.11 Å². The van der Waals surface area contributed by atoms with E-state index in [1.165, 1.54) is 0 Å². The van der Waals surface area contributed by atoms with E-state index < -0.39 is 0 Å². The van der Waals surface area contributed by atoms with Crippen molar-refractivity contribution in [2.75, 3.05) is 7.11 Å². The molecular formula is C19H20ClNO2. The van der Waals surface area contributed by atoms with Crippen LogP contribution in [0.15, 0.2) is 48.5 Å². The van der Waals surface area contributed by atoms with E-state index in [9.17, 15) is 4.79 Å². The number of halogens is 1. The average Bonchev–Trinajstić information content (AvgIpc) is 2.84. The number of carbonyl (C=O) groups is 1. The van der Waals surface area contributed by atoms with E-state index in [-0.39, 0.29) is 17.9 Å². The molecule has 2 aromatic carbocycles. The summed E-state index contributed by atoms with van der Waals surface area (Å²) in [7, 11) is 1.65. The molecule has 0 radical (unpaired) electrons. The Balaban J connectivity index is 1.87. The lowest BCUT2D eigenvalue weighted by atomic mass is 10.0. The monoisotopic (exact) mass is 329 g/mol. The lowest BCUT2D eigenvalue weighted by molar-refractivity contribution is -0.132. The van der Waals surface area contributed by atoms with Crippen molar-refractivity contribution in [2.24, 2.45) is 5.92 Å². The summed E-state index contributed by atoms with van der Waals surface area (Å²) >= 11 is 6.35. The van der Waals surface area contributed by atoms with Crippen molar-refractivity contribution >= 4 is 17.5 Å². The Hall–Kier alpha value is -2.00. The molecule has 1 aliphatic rings. The van der Waals surface area contributed by atoms with Gasteiger partial charge in [-0.15, -0.1) is 0 Å². The van der Waals surface area contributed by atoms with E-state index >= 15 is 0 Å². The Morgan fingerprint density at radius 1 is 1.17 bits per heavy atom. The first-order valence-corrected chi connectivity index (χ1v) is 8.15. The number of benzene rings is 2. The second kappa shape index (κ2) is 6.63. The Kier molecular flexibility index (Phi) is 4.58. The van der Waals surface area contributed by atoms with Crippen LogP contribution in [0.5, 0.6) is 5.75 Å². The van der Waals surface area contributed by atoms with E-state index in [0.717, 1.165) is 28.3 Å². The van der Waals surface area contributed by atoms with Crippen LogP contribution >= 0.6 is 11.6 Å². The standard InChI is InChI=1S/C19H20ClNO2/c1-13-11-18(16-5-3-4-6-17(16)20)21(19(13)22)12-14-7-9-15(23-2)10-8-14/h3-10,13,18H,11-12H2,1-2H3/t13?,18-/m0/s1. The smallest absolute Gasteiger partial charge is 0.226 e. The topological polar surface area (TPSA) is 29.5 Å². The summed E-state index contributed by atoms with van der Waals surface area (Å²) in [6.07, 6.45) is 0.804. The number of nitrogens with zero attached hydrogens (tertiary/aromatic N) is 1. The van der Waals surface area contributed by atoms with Gasteiger partial charge in [0.1, 0.15) is 5.75 Å². The third-order valence-electron chi connectivity index (χ3n) is 4.43. The number of hydrogen-bond donors (Lipinski definition) is 0. The van der Waals surface area contributed by atoms with Crippen molar-refractivity contribution in [3.05, 3.63) is 64.7 Å². The molecule has 2 atom stereocenters. The highest BCUT2D eigenvalue weighted by atomic mass is 35.5. The molecule has 23 heavy (non-hydrogen) atoms. The van der Waals surface area contributed by atoms with Crippen molar-refractivity contribution in [2.45, 2.75) is 25.9 Å². The highest BCUT2D eigenvalue weighted by Gasteiger charge is 2.38. The minimum atomic E-state index is 0.0227. The molecule has 0 aliphatic carbocycles. The number of methoxy groups -OCH3 is 1. The molecule has 0 bridgehead atoms. The fourth-order valence-corrected chi connectivity index (χ4v) is 3.42. The third-order valence-corrected chi connectivity index (χ3v) is 4.78. The molecule has 3 rings (SSSR count).